The summed E-state index contributed by atoms with van der Waals surface area (Å²) in [5.74, 6) is -0.747. The van der Waals surface area contributed by atoms with E-state index >= 15 is 0 Å². The highest BCUT2D eigenvalue weighted by Gasteiger charge is 2.44. The Bertz CT molecular complexity index is 1250. The predicted octanol–water partition coefficient (Wildman–Crippen LogP) is 4.02. The van der Waals surface area contributed by atoms with Crippen LogP contribution in [0, 0.1) is 0 Å². The minimum absolute atomic E-state index is 0.125. The van der Waals surface area contributed by atoms with Crippen molar-refractivity contribution in [3.8, 4) is 11.5 Å². The number of piperidine rings is 1. The summed E-state index contributed by atoms with van der Waals surface area (Å²) in [6.45, 7) is 2.97. The van der Waals surface area contributed by atoms with Crippen LogP contribution in [0.1, 0.15) is 61.4 Å². The number of hydrogen-bond acceptors (Lipinski definition) is 6. The van der Waals surface area contributed by atoms with Crippen molar-refractivity contribution in [3.63, 3.8) is 0 Å². The van der Waals surface area contributed by atoms with Gasteiger partial charge in [-0.05, 0) is 69.2 Å². The average Bonchev–Trinajstić information content (AvgIpc) is 3.21. The molecule has 8 nitrogen and oxygen atoms in total. The number of amides is 1. The SMILES string of the molecule is C[C@@H]1C[C@H](NC(=O)c2ccc3c(c2)OC(F)(F)O3)CCN1S(=O)(=O)[C@H]1CC[C@H](NCc2ccccc2)CC1. The van der Waals surface area contributed by atoms with Gasteiger partial charge in [-0.2, -0.15) is 4.31 Å². The molecule has 2 atom stereocenters. The topological polar surface area (TPSA) is 97.0 Å². The van der Waals surface area contributed by atoms with E-state index in [1.165, 1.54) is 23.8 Å². The molecular formula is C27H33F2N3O5S. The van der Waals surface area contributed by atoms with Crippen LogP contribution in [0.15, 0.2) is 48.5 Å². The maximum atomic E-state index is 13.5. The van der Waals surface area contributed by atoms with Crippen molar-refractivity contribution in [2.75, 3.05) is 6.54 Å². The highest BCUT2D eigenvalue weighted by Crippen LogP contribution is 2.41. The highest BCUT2D eigenvalue weighted by atomic mass is 32.2. The summed E-state index contributed by atoms with van der Waals surface area (Å²) in [5.41, 5.74) is 1.39. The molecule has 2 N–H and O–H groups in total. The molecule has 0 bridgehead atoms. The van der Waals surface area contributed by atoms with Gasteiger partial charge in [-0.1, -0.05) is 30.3 Å². The lowest BCUT2D eigenvalue weighted by molar-refractivity contribution is -0.286. The molecular weight excluding hydrogens is 516 g/mol. The van der Waals surface area contributed by atoms with Crippen molar-refractivity contribution in [1.29, 1.82) is 0 Å². The summed E-state index contributed by atoms with van der Waals surface area (Å²) in [6.07, 6.45) is 0.0947. The molecule has 2 fully saturated rings. The Morgan fingerprint density at radius 2 is 1.71 bits per heavy atom. The molecule has 206 valence electrons. The van der Waals surface area contributed by atoms with Crippen LogP contribution in [-0.2, 0) is 16.6 Å². The van der Waals surface area contributed by atoms with E-state index in [-0.39, 0.29) is 29.1 Å². The monoisotopic (exact) mass is 549 g/mol. The Labute approximate surface area is 221 Å². The summed E-state index contributed by atoms with van der Waals surface area (Å²) in [4.78, 5) is 12.7. The van der Waals surface area contributed by atoms with Gasteiger partial charge in [0.15, 0.2) is 11.5 Å². The molecule has 1 aliphatic carbocycles. The maximum absolute atomic E-state index is 13.5. The third kappa shape index (κ3) is 5.94. The molecule has 0 radical (unpaired) electrons. The maximum Gasteiger partial charge on any atom is 0.586 e. The van der Waals surface area contributed by atoms with Crippen molar-refractivity contribution in [2.24, 2.45) is 0 Å². The molecule has 1 amide bonds. The summed E-state index contributed by atoms with van der Waals surface area (Å²) in [6, 6.07) is 13.9. The standard InChI is InChI=1S/C27H33F2N3O5S/c1-18-15-22(31-26(33)20-7-12-24-25(16-20)37-27(28,29)36-24)13-14-32(18)38(34,35)23-10-8-21(9-11-23)30-17-19-5-3-2-4-6-19/h2-7,12,16,18,21-23,30H,8-11,13-15,17H2,1H3,(H,31,33)/t18-,21-,22-,23-/m1/s1. The number of nitrogens with zero attached hydrogens (tertiary/aromatic N) is 1. The summed E-state index contributed by atoms with van der Waals surface area (Å²) >= 11 is 0. The van der Waals surface area contributed by atoms with Gasteiger partial charge in [-0.3, -0.25) is 4.79 Å². The third-order valence-electron chi connectivity index (χ3n) is 7.67. The first kappa shape index (κ1) is 26.8. The van der Waals surface area contributed by atoms with Gasteiger partial charge in [0.1, 0.15) is 0 Å². The predicted molar refractivity (Wildman–Crippen MR) is 138 cm³/mol. The zero-order chi connectivity index (χ0) is 26.9. The second-order valence-electron chi connectivity index (χ2n) is 10.4. The van der Waals surface area contributed by atoms with E-state index in [1.54, 1.807) is 4.31 Å². The van der Waals surface area contributed by atoms with Gasteiger partial charge in [-0.15, -0.1) is 8.78 Å². The zero-order valence-electron chi connectivity index (χ0n) is 21.2. The zero-order valence-corrected chi connectivity index (χ0v) is 22.1. The molecule has 5 rings (SSSR count). The number of sulfonamides is 1. The quantitative estimate of drug-likeness (QED) is 0.542. The van der Waals surface area contributed by atoms with Crippen LogP contribution in [0.25, 0.3) is 0 Å². The molecule has 1 saturated heterocycles. The van der Waals surface area contributed by atoms with Gasteiger partial charge < -0.3 is 20.1 Å². The van der Waals surface area contributed by atoms with Crippen LogP contribution in [0.5, 0.6) is 11.5 Å². The number of hydrogen-bond donors (Lipinski definition) is 2. The molecule has 0 aromatic heterocycles. The summed E-state index contributed by atoms with van der Waals surface area (Å²) < 4.78 is 63.9. The lowest BCUT2D eigenvalue weighted by Gasteiger charge is -2.40. The van der Waals surface area contributed by atoms with Gasteiger partial charge >= 0.3 is 6.29 Å². The van der Waals surface area contributed by atoms with Crippen LogP contribution >= 0.6 is 0 Å². The van der Waals surface area contributed by atoms with Crippen molar-refractivity contribution in [2.45, 2.75) is 81.7 Å². The van der Waals surface area contributed by atoms with Crippen LogP contribution in [-0.4, -0.2) is 54.8 Å². The van der Waals surface area contributed by atoms with Crippen LogP contribution in [0.3, 0.4) is 0 Å². The molecule has 0 spiro atoms. The second kappa shape index (κ2) is 10.8. The van der Waals surface area contributed by atoms with E-state index in [2.05, 4.69) is 32.2 Å². The van der Waals surface area contributed by atoms with Crippen molar-refractivity contribution >= 4 is 15.9 Å². The Morgan fingerprint density at radius 1 is 1.00 bits per heavy atom. The Hall–Kier alpha value is -2.76. The van der Waals surface area contributed by atoms with Crippen LogP contribution in [0.2, 0.25) is 0 Å². The fraction of sp³-hybridized carbons (Fsp3) is 0.519. The highest BCUT2D eigenvalue weighted by molar-refractivity contribution is 7.89. The lowest BCUT2D eigenvalue weighted by Crippen LogP contribution is -2.53. The van der Waals surface area contributed by atoms with Crippen LogP contribution < -0.4 is 20.1 Å². The Kier molecular flexibility index (Phi) is 7.61. The number of rotatable bonds is 7. The molecule has 2 aromatic rings. The van der Waals surface area contributed by atoms with E-state index in [9.17, 15) is 22.0 Å². The van der Waals surface area contributed by atoms with E-state index < -0.39 is 27.5 Å². The minimum atomic E-state index is -3.75. The first-order valence-electron chi connectivity index (χ1n) is 13.1. The Balaban J connectivity index is 1.11. The summed E-state index contributed by atoms with van der Waals surface area (Å²) in [5, 5.41) is 6.07. The number of carbonyl (C=O) groups excluding carboxylic acids is 1. The lowest BCUT2D eigenvalue weighted by atomic mass is 9.95. The van der Waals surface area contributed by atoms with Gasteiger partial charge in [0.25, 0.3) is 5.91 Å². The van der Waals surface area contributed by atoms with E-state index in [0.717, 1.165) is 19.4 Å². The molecule has 11 heteroatoms. The number of benzene rings is 2. The molecule has 2 heterocycles. The first-order valence-corrected chi connectivity index (χ1v) is 14.6. The molecule has 2 aromatic carbocycles. The van der Waals surface area contributed by atoms with Gasteiger partial charge in [0.2, 0.25) is 10.0 Å². The molecule has 1 saturated carbocycles. The van der Waals surface area contributed by atoms with Gasteiger partial charge in [-0.25, -0.2) is 8.42 Å². The molecule has 3 aliphatic rings. The van der Waals surface area contributed by atoms with Gasteiger partial charge in [0.05, 0.1) is 5.25 Å². The Morgan fingerprint density at radius 3 is 2.42 bits per heavy atom. The summed E-state index contributed by atoms with van der Waals surface area (Å²) in [7, 11) is -3.46. The number of halogens is 2. The fourth-order valence-electron chi connectivity index (χ4n) is 5.63. The van der Waals surface area contributed by atoms with Crippen molar-refractivity contribution in [3.05, 3.63) is 59.7 Å². The van der Waals surface area contributed by atoms with Crippen molar-refractivity contribution < 1.29 is 31.5 Å². The smallest absolute Gasteiger partial charge is 0.395 e. The largest absolute Gasteiger partial charge is 0.586 e. The number of alkyl halides is 2. The van der Waals surface area contributed by atoms with E-state index in [0.29, 0.717) is 38.3 Å². The molecule has 2 aliphatic heterocycles. The normalized spacial score (nSPS) is 27.1. The molecule has 38 heavy (non-hydrogen) atoms. The average molecular weight is 550 g/mol. The second-order valence-corrected chi connectivity index (χ2v) is 12.5. The number of nitrogens with one attached hydrogen (secondary N) is 2. The molecule has 0 unspecified atom stereocenters. The third-order valence-corrected chi connectivity index (χ3v) is 10.2. The fourth-order valence-corrected chi connectivity index (χ4v) is 7.83. The van der Waals surface area contributed by atoms with Crippen LogP contribution in [0.4, 0.5) is 8.78 Å². The number of carbonyl (C=O) groups is 1. The first-order chi connectivity index (χ1) is 18.1. The van der Waals surface area contributed by atoms with Crippen molar-refractivity contribution in [1.82, 2.24) is 14.9 Å². The van der Waals surface area contributed by atoms with E-state index in [1.807, 2.05) is 25.1 Å². The van der Waals surface area contributed by atoms with Gasteiger partial charge in [0, 0.05) is 36.8 Å². The number of ether oxygens (including phenoxy) is 2. The minimum Gasteiger partial charge on any atom is -0.395 e. The van der Waals surface area contributed by atoms with E-state index in [4.69, 9.17) is 0 Å². The number of fused-ring (bicyclic) bond motifs is 1.